The third-order valence-corrected chi connectivity index (χ3v) is 23.9. The molecule has 602 valence electrons. The van der Waals surface area contributed by atoms with Gasteiger partial charge in [-0.05, 0) is 197 Å². The Labute approximate surface area is 674 Å². The van der Waals surface area contributed by atoms with Crippen LogP contribution in [-0.2, 0) is 34.0 Å². The van der Waals surface area contributed by atoms with Crippen LogP contribution in [0.4, 0.5) is 22.2 Å². The number of hydrogen-bond acceptors (Lipinski definition) is 17. The lowest BCUT2D eigenvalue weighted by Gasteiger charge is -2.45. The quantitative estimate of drug-likeness (QED) is 0.0329. The molecule has 114 heavy (non-hydrogen) atoms. The maximum absolute atomic E-state index is 12.5. The minimum absolute atomic E-state index is 0. The van der Waals surface area contributed by atoms with Crippen LogP contribution in [-0.4, -0.2) is 154 Å². The van der Waals surface area contributed by atoms with Crippen molar-refractivity contribution in [2.45, 2.75) is 178 Å². The van der Waals surface area contributed by atoms with Crippen LogP contribution < -0.4 is 39.7 Å². The van der Waals surface area contributed by atoms with Gasteiger partial charge in [0.15, 0.2) is 0 Å². The molecule has 9 fully saturated rings. The number of amides is 5. The summed E-state index contributed by atoms with van der Waals surface area (Å²) >= 11 is 0. The number of aromatic nitrogens is 12. The molecule has 3 aliphatic heterocycles. The highest BCUT2D eigenvalue weighted by Gasteiger charge is 2.53. The molecular formula is C83H103Cl2N21O8. The van der Waals surface area contributed by atoms with Crippen molar-refractivity contribution in [1.29, 1.82) is 0 Å². The van der Waals surface area contributed by atoms with Crippen LogP contribution in [0.2, 0.25) is 0 Å². The van der Waals surface area contributed by atoms with Gasteiger partial charge in [-0.1, -0.05) is 86.0 Å². The second kappa shape index (κ2) is 32.5. The Balaban J connectivity index is 0.000000144. The molecule has 3 saturated heterocycles. The number of hydrogen-bond donors (Lipinski definition) is 8. The van der Waals surface area contributed by atoms with Crippen molar-refractivity contribution in [1.82, 2.24) is 73.8 Å². The first-order valence-electron chi connectivity index (χ1n) is 39.0. The van der Waals surface area contributed by atoms with Crippen LogP contribution in [0.3, 0.4) is 0 Å². The van der Waals surface area contributed by atoms with Crippen molar-refractivity contribution in [3.63, 3.8) is 0 Å². The predicted octanol–water partition coefficient (Wildman–Crippen LogP) is 11.2. The van der Waals surface area contributed by atoms with E-state index in [1.165, 1.54) is 84.4 Å². The average Bonchev–Trinajstić information content (AvgIpc) is 1.58. The fourth-order valence-electron chi connectivity index (χ4n) is 17.7. The fourth-order valence-corrected chi connectivity index (χ4v) is 17.7. The first-order valence-corrected chi connectivity index (χ1v) is 39.0. The molecule has 0 unspecified atom stereocenters. The molecule has 18 rings (SSSR count). The number of nitrogens with one attached hydrogen (secondary N) is 1. The molecule has 9 aromatic rings. The third kappa shape index (κ3) is 17.4. The lowest BCUT2D eigenvalue weighted by Crippen LogP contribution is -2.43. The summed E-state index contributed by atoms with van der Waals surface area (Å²) in [6, 6.07) is 26.3. The van der Waals surface area contributed by atoms with Crippen LogP contribution in [0, 0.1) is 16.2 Å². The molecule has 6 aromatic heterocycles. The lowest BCUT2D eigenvalue weighted by atomic mass is 9.65. The van der Waals surface area contributed by atoms with Crippen molar-refractivity contribution in [3.05, 3.63) is 185 Å². The molecular weight excluding hydrogens is 1490 g/mol. The maximum atomic E-state index is 12.5. The van der Waals surface area contributed by atoms with E-state index in [4.69, 9.17) is 59.5 Å². The number of aliphatic carboxylic acids is 1. The summed E-state index contributed by atoms with van der Waals surface area (Å²) in [4.78, 5) is 74.5. The molecule has 14 N–H and O–H groups in total. The molecule has 9 heterocycles. The molecule has 0 radical (unpaired) electrons. The fraction of sp³-hybridized carbons (Fsp3) is 0.446. The van der Waals surface area contributed by atoms with Gasteiger partial charge in [-0.15, -0.1) is 24.8 Å². The van der Waals surface area contributed by atoms with Crippen LogP contribution in [0.25, 0.3) is 33.8 Å². The molecule has 5 amide bonds. The number of primary amides is 3. The van der Waals surface area contributed by atoms with Crippen molar-refractivity contribution < 1.29 is 38.6 Å². The van der Waals surface area contributed by atoms with E-state index in [2.05, 4.69) is 107 Å². The van der Waals surface area contributed by atoms with E-state index in [0.29, 0.717) is 95.4 Å². The first kappa shape index (κ1) is 81.0. The summed E-state index contributed by atoms with van der Waals surface area (Å²) in [7, 11) is 0. The van der Waals surface area contributed by atoms with Gasteiger partial charge in [0.25, 0.3) is 17.7 Å². The number of ether oxygens (including phenoxy) is 1. The summed E-state index contributed by atoms with van der Waals surface area (Å²) in [5, 5.41) is 38.9. The molecule has 0 atom stereocenters. The van der Waals surface area contributed by atoms with Gasteiger partial charge in [0.2, 0.25) is 5.91 Å². The van der Waals surface area contributed by atoms with Gasteiger partial charge in [-0.25, -0.2) is 23.6 Å². The number of halogens is 2. The van der Waals surface area contributed by atoms with Crippen molar-refractivity contribution >= 4 is 78.0 Å². The number of anilines is 3. The molecule has 0 bridgehead atoms. The Morgan fingerprint density at radius 1 is 0.526 bits per heavy atom. The summed E-state index contributed by atoms with van der Waals surface area (Å²) in [6.45, 7) is 19.0. The van der Waals surface area contributed by atoms with E-state index in [9.17, 15) is 28.8 Å². The van der Waals surface area contributed by atoms with E-state index in [1.807, 2.05) is 63.0 Å². The zero-order valence-electron chi connectivity index (χ0n) is 64.7. The number of carboxylic acids is 1. The number of likely N-dealkylation sites (tertiary alicyclic amines) is 2. The van der Waals surface area contributed by atoms with Gasteiger partial charge in [0.1, 0.15) is 56.8 Å². The van der Waals surface area contributed by atoms with E-state index < -0.39 is 29.3 Å². The minimum atomic E-state index is -0.981. The number of nitrogens with two attached hydrogens (primary N) is 6. The normalized spacial score (nSPS) is 22.3. The number of rotatable bonds is 20. The lowest BCUT2D eigenvalue weighted by molar-refractivity contribution is -0.131. The number of nitrogen functional groups attached to an aromatic ring is 3. The monoisotopic (exact) mass is 1590 g/mol. The van der Waals surface area contributed by atoms with E-state index >= 15 is 0 Å². The van der Waals surface area contributed by atoms with E-state index in [0.717, 1.165) is 95.1 Å². The molecule has 9 aliphatic rings. The summed E-state index contributed by atoms with van der Waals surface area (Å²) < 4.78 is 16.4. The van der Waals surface area contributed by atoms with Crippen LogP contribution in [0.5, 0.6) is 0 Å². The van der Waals surface area contributed by atoms with Crippen molar-refractivity contribution in [2.24, 2.45) is 33.4 Å². The van der Waals surface area contributed by atoms with Crippen LogP contribution in [0.15, 0.2) is 135 Å². The number of nitrogens with zero attached hydrogens (tertiary/aromatic N) is 14. The molecule has 6 aliphatic carbocycles. The molecule has 6 saturated carbocycles. The van der Waals surface area contributed by atoms with Gasteiger partial charge < -0.3 is 59.4 Å². The zero-order valence-corrected chi connectivity index (χ0v) is 66.4. The minimum Gasteiger partial charge on any atom is -0.478 e. The highest BCUT2D eigenvalue weighted by atomic mass is 35.5. The van der Waals surface area contributed by atoms with Gasteiger partial charge in [-0.3, -0.25) is 33.2 Å². The average molecular weight is 1590 g/mol. The number of carboxylic acid groups (broad SMARTS) is 1. The molecule has 29 nitrogen and oxygen atoms in total. The Morgan fingerprint density at radius 3 is 1.18 bits per heavy atom. The maximum Gasteiger partial charge on any atom is 0.410 e. The molecule has 31 heteroatoms. The number of carbonyl (C=O) groups is 6. The van der Waals surface area contributed by atoms with Gasteiger partial charge >= 0.3 is 12.1 Å². The highest BCUT2D eigenvalue weighted by molar-refractivity contribution is 6.05. The number of benzene rings is 3. The van der Waals surface area contributed by atoms with Gasteiger partial charge in [0.05, 0.1) is 56.4 Å². The highest BCUT2D eigenvalue weighted by Crippen LogP contribution is 2.57. The van der Waals surface area contributed by atoms with Crippen molar-refractivity contribution in [2.75, 3.05) is 56.5 Å². The Morgan fingerprint density at radius 2 is 0.868 bits per heavy atom. The second-order valence-electron chi connectivity index (χ2n) is 33.6. The third-order valence-electron chi connectivity index (χ3n) is 23.9. The smallest absolute Gasteiger partial charge is 0.410 e. The summed E-state index contributed by atoms with van der Waals surface area (Å²) in [5.41, 5.74) is 48.6. The van der Waals surface area contributed by atoms with Gasteiger partial charge in [-0.2, -0.15) is 30.6 Å². The summed E-state index contributed by atoms with van der Waals surface area (Å²) in [5.74, 6) is 0.284. The molecule has 3 spiro atoms. The molecule has 3 aromatic carbocycles. The SMILES string of the molecule is C=CC(=O)N1CCC2(CC(n3nc(-c4cnn(Cc5cccc(C6CC6)c5)c4)c(C(N)=O)c3N)C2)C1.C=CC(=O)O.CC(C)(C)OC(=O)N1CCC2(CC(n3nc(-c4cnn(Cc5cccc(C6CC6)c5)c4)c(C(N)=O)c3N)C2)C1.Cl.Cl.NC(=O)c1c(-c2cnn(Cc3cccc(C4CC4)c3)c2)nn(C2CC3(CCNC3)C2)c1N. The summed E-state index contributed by atoms with van der Waals surface area (Å²) in [6.07, 6.45) is 28.9. The standard InChI is InChI=1S/C29H37N7O3.C27H31N7O2.C24H29N7O.C3H4O2.2ClH/c1-28(2,3)39-27(38)34-10-9-29(17-34)12-22(13-29)36-25(30)23(26(31)37)24(33-36)21-14-32-35(16-21)15-18-5-4-6-20(11-18)19-7-8-19;1-2-22(35)32-9-8-27(16-32)11-21(12-27)34-25(28)23(26(29)36)24(31-34)20-13-30-33(15-20)14-17-4-3-5-19(10-17)18-6-7-18;25-22-20(23(26)32)21(29-31(22)19-9-24(10-19)6-7-27-14-24)18-11-28-30(13-18)12-15-2-1-3-17(8-15)16-4-5-16;1-2-3(4)5;;/h4-6,11,14,16,19,22H,7-10,12-13,15,17,30H2,1-3H3,(H2,31,37);2-5,10,13,15,18,21H,1,6-9,11-12,14,16,28H2,(H2,29,36);1-3,8,11,13,16,19,27H,4-7,9-10,12,14,25H2,(H2,26,32);2H,1H2,(H,4,5);2*1H. The van der Waals surface area contributed by atoms with Gasteiger partial charge in [0, 0.05) is 74.1 Å². The zero-order chi connectivity index (χ0) is 78.7. The Kier molecular flexibility index (Phi) is 23.1. The Bertz CT molecular complexity index is 5120. The van der Waals surface area contributed by atoms with E-state index in [1.54, 1.807) is 32.9 Å². The number of carbonyl (C=O) groups excluding carboxylic acids is 5. The van der Waals surface area contributed by atoms with Crippen LogP contribution >= 0.6 is 24.8 Å². The Hall–Kier alpha value is -11.0. The second-order valence-corrected chi connectivity index (χ2v) is 33.6. The van der Waals surface area contributed by atoms with Crippen molar-refractivity contribution in [3.8, 4) is 33.8 Å². The van der Waals surface area contributed by atoms with Crippen LogP contribution in [0.1, 0.15) is 217 Å². The topological polar surface area (TPSA) is 413 Å². The first-order chi connectivity index (χ1) is 53.6. The largest absolute Gasteiger partial charge is 0.478 e. The predicted molar refractivity (Wildman–Crippen MR) is 437 cm³/mol. The van der Waals surface area contributed by atoms with E-state index in [-0.39, 0.29) is 82.7 Å².